The van der Waals surface area contributed by atoms with Crippen LogP contribution < -0.4 is 21.7 Å². The molecule has 1 aromatic heterocycles. The largest absolute Gasteiger partial charge is 0.480 e. The van der Waals surface area contributed by atoms with E-state index in [1.54, 1.807) is 6.92 Å². The summed E-state index contributed by atoms with van der Waals surface area (Å²) >= 11 is 0. The standard InChI is InChI=1S/C21H36N6O6/c1-5-12(4)17(20(31)25-15(21(32)33)7-13-8-23-10-24-13)27-19(30)16(9-28)26-18(29)14(22)6-11(2)3/h8,10-12,14-17,28H,5-7,9,22H2,1-4H3,(H,23,24)(H,25,31)(H,26,29)(H,27,30)(H,32,33). The third kappa shape index (κ3) is 9.18. The highest BCUT2D eigenvalue weighted by atomic mass is 16.4. The van der Waals surface area contributed by atoms with Crippen LogP contribution in [0.25, 0.3) is 0 Å². The Balaban J connectivity index is 2.89. The third-order valence-corrected chi connectivity index (χ3v) is 5.26. The molecule has 1 rings (SSSR count). The molecule has 0 bridgehead atoms. The molecule has 33 heavy (non-hydrogen) atoms. The summed E-state index contributed by atoms with van der Waals surface area (Å²) < 4.78 is 0. The number of carbonyl (C=O) groups is 4. The van der Waals surface area contributed by atoms with Crippen LogP contribution in [-0.4, -0.2) is 74.6 Å². The van der Waals surface area contributed by atoms with Crippen LogP contribution in [0.2, 0.25) is 0 Å². The zero-order chi connectivity index (χ0) is 25.1. The van der Waals surface area contributed by atoms with Crippen molar-refractivity contribution in [2.24, 2.45) is 17.6 Å². The molecular weight excluding hydrogens is 432 g/mol. The number of hydrogen-bond donors (Lipinski definition) is 7. The van der Waals surface area contributed by atoms with E-state index in [-0.39, 0.29) is 18.3 Å². The predicted octanol–water partition coefficient (Wildman–Crippen LogP) is -1.10. The van der Waals surface area contributed by atoms with Crippen LogP contribution in [-0.2, 0) is 25.6 Å². The number of aliphatic hydroxyl groups is 1. The van der Waals surface area contributed by atoms with Gasteiger partial charge in [-0.15, -0.1) is 0 Å². The van der Waals surface area contributed by atoms with Crippen LogP contribution in [0, 0.1) is 11.8 Å². The molecule has 12 nitrogen and oxygen atoms in total. The van der Waals surface area contributed by atoms with E-state index >= 15 is 0 Å². The van der Waals surface area contributed by atoms with Gasteiger partial charge >= 0.3 is 5.97 Å². The lowest BCUT2D eigenvalue weighted by Gasteiger charge is -2.27. The van der Waals surface area contributed by atoms with Crippen LogP contribution in [0.3, 0.4) is 0 Å². The molecule has 1 aromatic rings. The van der Waals surface area contributed by atoms with Gasteiger partial charge < -0.3 is 36.9 Å². The number of carbonyl (C=O) groups excluding carboxylic acids is 3. The molecule has 186 valence electrons. The first kappa shape index (κ1) is 28.0. The summed E-state index contributed by atoms with van der Waals surface area (Å²) in [6.45, 7) is 6.64. The summed E-state index contributed by atoms with van der Waals surface area (Å²) in [4.78, 5) is 56.1. The van der Waals surface area contributed by atoms with Gasteiger partial charge in [-0.05, 0) is 18.3 Å². The second-order valence-electron chi connectivity index (χ2n) is 8.53. The van der Waals surface area contributed by atoms with Crippen LogP contribution in [0.5, 0.6) is 0 Å². The van der Waals surface area contributed by atoms with Gasteiger partial charge in [0.05, 0.1) is 19.0 Å². The minimum atomic E-state index is -1.31. The molecule has 3 amide bonds. The van der Waals surface area contributed by atoms with E-state index in [1.807, 2.05) is 20.8 Å². The second-order valence-corrected chi connectivity index (χ2v) is 8.53. The number of amides is 3. The van der Waals surface area contributed by atoms with Crippen molar-refractivity contribution in [3.05, 3.63) is 18.2 Å². The number of aliphatic hydroxyl groups excluding tert-OH is 1. The number of nitrogens with one attached hydrogen (secondary N) is 4. The van der Waals surface area contributed by atoms with Gasteiger partial charge in [-0.2, -0.15) is 0 Å². The number of H-pyrrole nitrogens is 1. The molecule has 12 heteroatoms. The average molecular weight is 469 g/mol. The van der Waals surface area contributed by atoms with E-state index in [0.717, 1.165) is 0 Å². The number of aliphatic carboxylic acids is 1. The van der Waals surface area contributed by atoms with E-state index in [0.29, 0.717) is 18.5 Å². The van der Waals surface area contributed by atoms with Gasteiger partial charge in [-0.1, -0.05) is 34.1 Å². The molecule has 0 radical (unpaired) electrons. The van der Waals surface area contributed by atoms with Gasteiger partial charge in [0.1, 0.15) is 18.1 Å². The van der Waals surface area contributed by atoms with Crippen LogP contribution in [0.4, 0.5) is 0 Å². The van der Waals surface area contributed by atoms with Gasteiger partial charge in [-0.25, -0.2) is 9.78 Å². The molecule has 1 heterocycles. The fraction of sp³-hybridized carbons (Fsp3) is 0.667. The molecule has 0 saturated heterocycles. The van der Waals surface area contributed by atoms with E-state index in [9.17, 15) is 29.4 Å². The van der Waals surface area contributed by atoms with Gasteiger partial charge in [0, 0.05) is 18.3 Å². The summed E-state index contributed by atoms with van der Waals surface area (Å²) in [6.07, 6.45) is 3.73. The highest BCUT2D eigenvalue weighted by molar-refractivity contribution is 5.94. The van der Waals surface area contributed by atoms with Gasteiger partial charge in [0.25, 0.3) is 0 Å². The lowest BCUT2D eigenvalue weighted by molar-refractivity contribution is -0.142. The average Bonchev–Trinajstić information content (AvgIpc) is 3.26. The highest BCUT2D eigenvalue weighted by Gasteiger charge is 2.32. The topological polar surface area (TPSA) is 200 Å². The Hall–Kier alpha value is -2.99. The second kappa shape index (κ2) is 13.5. The summed E-state index contributed by atoms with van der Waals surface area (Å²) in [5, 5.41) is 26.5. The van der Waals surface area contributed by atoms with Crippen LogP contribution in [0.15, 0.2) is 12.5 Å². The van der Waals surface area contributed by atoms with Crippen molar-refractivity contribution in [1.29, 1.82) is 0 Å². The Morgan fingerprint density at radius 2 is 1.70 bits per heavy atom. The molecule has 0 aliphatic heterocycles. The quantitative estimate of drug-likeness (QED) is 0.178. The maximum Gasteiger partial charge on any atom is 0.326 e. The fourth-order valence-corrected chi connectivity index (χ4v) is 3.12. The first-order valence-corrected chi connectivity index (χ1v) is 11.0. The number of carboxylic acid groups (broad SMARTS) is 1. The zero-order valence-electron chi connectivity index (χ0n) is 19.5. The van der Waals surface area contributed by atoms with Crippen molar-refractivity contribution in [2.45, 2.75) is 71.1 Å². The predicted molar refractivity (Wildman–Crippen MR) is 120 cm³/mol. The molecule has 0 saturated carbocycles. The van der Waals surface area contributed by atoms with Crippen LogP contribution >= 0.6 is 0 Å². The van der Waals surface area contributed by atoms with Crippen molar-refractivity contribution in [3.8, 4) is 0 Å². The van der Waals surface area contributed by atoms with Gasteiger partial charge in [-0.3, -0.25) is 14.4 Å². The Morgan fingerprint density at radius 3 is 2.18 bits per heavy atom. The Kier molecular flexibility index (Phi) is 11.5. The molecule has 0 fully saturated rings. The molecule has 0 aliphatic rings. The normalized spacial score (nSPS) is 15.7. The smallest absolute Gasteiger partial charge is 0.326 e. The lowest BCUT2D eigenvalue weighted by atomic mass is 9.97. The highest BCUT2D eigenvalue weighted by Crippen LogP contribution is 2.10. The number of imidazole rings is 1. The third-order valence-electron chi connectivity index (χ3n) is 5.26. The van der Waals surface area contributed by atoms with Crippen molar-refractivity contribution in [2.75, 3.05) is 6.61 Å². The molecular formula is C21H36N6O6. The number of carboxylic acids is 1. The molecule has 0 spiro atoms. The number of hydrogen-bond acceptors (Lipinski definition) is 7. The summed E-state index contributed by atoms with van der Waals surface area (Å²) in [5.74, 6) is -3.49. The van der Waals surface area contributed by atoms with Gasteiger partial charge in [0.2, 0.25) is 17.7 Å². The van der Waals surface area contributed by atoms with Crippen molar-refractivity contribution >= 4 is 23.7 Å². The maximum atomic E-state index is 12.9. The van der Waals surface area contributed by atoms with E-state index < -0.39 is 54.5 Å². The van der Waals surface area contributed by atoms with E-state index in [2.05, 4.69) is 25.9 Å². The first-order chi connectivity index (χ1) is 15.5. The van der Waals surface area contributed by atoms with Crippen LogP contribution in [0.1, 0.15) is 46.2 Å². The molecule has 8 N–H and O–H groups in total. The lowest BCUT2D eigenvalue weighted by Crippen LogP contribution is -2.59. The first-order valence-electron chi connectivity index (χ1n) is 11.0. The number of nitrogens with zero attached hydrogens (tertiary/aromatic N) is 1. The summed E-state index contributed by atoms with van der Waals surface area (Å²) in [7, 11) is 0. The summed E-state index contributed by atoms with van der Waals surface area (Å²) in [6, 6.07) is -4.49. The van der Waals surface area contributed by atoms with E-state index in [4.69, 9.17) is 5.73 Å². The maximum absolute atomic E-state index is 12.9. The van der Waals surface area contributed by atoms with Crippen molar-refractivity contribution in [3.63, 3.8) is 0 Å². The molecule has 5 unspecified atom stereocenters. The number of nitrogens with two attached hydrogens (primary N) is 1. The molecule has 5 atom stereocenters. The van der Waals surface area contributed by atoms with Gasteiger partial charge in [0.15, 0.2) is 0 Å². The Labute approximate surface area is 193 Å². The zero-order valence-corrected chi connectivity index (χ0v) is 19.5. The SMILES string of the molecule is CCC(C)C(NC(=O)C(CO)NC(=O)C(N)CC(C)C)C(=O)NC(Cc1cnc[nH]1)C(=O)O. The number of aromatic amines is 1. The fourth-order valence-electron chi connectivity index (χ4n) is 3.12. The van der Waals surface area contributed by atoms with Crippen molar-refractivity contribution in [1.82, 2.24) is 25.9 Å². The number of aromatic nitrogens is 2. The van der Waals surface area contributed by atoms with Crippen molar-refractivity contribution < 1.29 is 29.4 Å². The molecule has 0 aliphatic carbocycles. The number of rotatable bonds is 14. The minimum Gasteiger partial charge on any atom is -0.480 e. The summed E-state index contributed by atoms with van der Waals surface area (Å²) in [5.41, 5.74) is 6.35. The minimum absolute atomic E-state index is 0.0225. The monoisotopic (exact) mass is 468 g/mol. The Morgan fingerprint density at radius 1 is 1.06 bits per heavy atom. The molecule has 0 aromatic carbocycles. The van der Waals surface area contributed by atoms with E-state index in [1.165, 1.54) is 12.5 Å². The Bertz CT molecular complexity index is 784.